The number of nitrogens with zero attached hydrogens (tertiary/aromatic N) is 1. The van der Waals surface area contributed by atoms with Crippen LogP contribution in [-0.4, -0.2) is 33.3 Å². The van der Waals surface area contributed by atoms with Gasteiger partial charge in [0.05, 0.1) is 12.2 Å². The van der Waals surface area contributed by atoms with Crippen LogP contribution < -0.4 is 4.74 Å². The van der Waals surface area contributed by atoms with Gasteiger partial charge in [0, 0.05) is 22.8 Å². The number of aryl methyl sites for hydroxylation is 1. The molecular weight excluding hydrogens is 454 g/mol. The molecule has 0 aliphatic carbocycles. The molecule has 0 saturated carbocycles. The molecule has 36 heavy (non-hydrogen) atoms. The minimum absolute atomic E-state index is 0.196. The minimum atomic E-state index is -0.993. The Bertz CT molecular complexity index is 1560. The molecular formula is C30H25NO5. The Morgan fingerprint density at radius 1 is 0.750 bits per heavy atom. The molecule has 2 N–H and O–H groups in total. The fraction of sp³-hybridized carbons (Fsp3) is 0.133. The number of benzene rings is 4. The molecule has 0 saturated heterocycles. The van der Waals surface area contributed by atoms with E-state index in [4.69, 9.17) is 9.84 Å². The van der Waals surface area contributed by atoms with Crippen LogP contribution in [0.5, 0.6) is 5.75 Å². The number of carboxylic acids is 2. The molecule has 5 aromatic rings. The molecule has 4 aromatic carbocycles. The number of rotatable bonds is 9. The van der Waals surface area contributed by atoms with Gasteiger partial charge in [0.1, 0.15) is 11.4 Å². The highest BCUT2D eigenvalue weighted by Gasteiger charge is 2.22. The van der Waals surface area contributed by atoms with Crippen molar-refractivity contribution >= 4 is 33.6 Å². The first-order valence-corrected chi connectivity index (χ1v) is 11.8. The predicted octanol–water partition coefficient (Wildman–Crippen LogP) is 6.25. The van der Waals surface area contributed by atoms with Gasteiger partial charge in [-0.15, -0.1) is 0 Å². The first kappa shape index (κ1) is 23.2. The van der Waals surface area contributed by atoms with Gasteiger partial charge in [0.25, 0.3) is 0 Å². The van der Waals surface area contributed by atoms with Crippen LogP contribution in [0.2, 0.25) is 0 Å². The van der Waals surface area contributed by atoms with E-state index in [1.807, 2.05) is 66.7 Å². The summed E-state index contributed by atoms with van der Waals surface area (Å²) in [5.74, 6) is -1.16. The van der Waals surface area contributed by atoms with Crippen molar-refractivity contribution in [2.24, 2.45) is 0 Å². The summed E-state index contributed by atoms with van der Waals surface area (Å²) in [5.41, 5.74) is 2.89. The van der Waals surface area contributed by atoms with Crippen LogP contribution in [0.25, 0.3) is 21.7 Å². The number of aromatic carboxylic acids is 2. The highest BCUT2D eigenvalue weighted by Crippen LogP contribution is 2.30. The predicted molar refractivity (Wildman–Crippen MR) is 139 cm³/mol. The van der Waals surface area contributed by atoms with E-state index in [0.717, 1.165) is 38.6 Å². The van der Waals surface area contributed by atoms with Gasteiger partial charge in [-0.1, -0.05) is 66.7 Å². The van der Waals surface area contributed by atoms with E-state index in [0.29, 0.717) is 26.0 Å². The van der Waals surface area contributed by atoms with E-state index in [1.54, 1.807) is 16.7 Å². The third kappa shape index (κ3) is 4.53. The summed E-state index contributed by atoms with van der Waals surface area (Å²) in [4.78, 5) is 23.6. The number of carbonyl (C=O) groups is 2. The van der Waals surface area contributed by atoms with Gasteiger partial charge in [-0.2, -0.15) is 0 Å². The molecule has 0 spiro atoms. The Kier molecular flexibility index (Phi) is 6.41. The molecule has 0 bridgehead atoms. The van der Waals surface area contributed by atoms with Crippen molar-refractivity contribution in [3.63, 3.8) is 0 Å². The number of ether oxygens (including phenoxy) is 1. The normalized spacial score (nSPS) is 11.1. The van der Waals surface area contributed by atoms with Crippen LogP contribution >= 0.6 is 0 Å². The van der Waals surface area contributed by atoms with Crippen LogP contribution in [0.15, 0.2) is 91.0 Å². The lowest BCUT2D eigenvalue weighted by molar-refractivity contribution is 0.0679. The second-order valence-electron chi connectivity index (χ2n) is 8.67. The summed E-state index contributed by atoms with van der Waals surface area (Å²) in [6, 6.07) is 28.2. The molecule has 0 aliphatic rings. The molecule has 5 rings (SSSR count). The molecule has 0 unspecified atom stereocenters. The second-order valence-corrected chi connectivity index (χ2v) is 8.67. The Hall–Kier alpha value is -4.58. The molecule has 0 radical (unpaired) electrons. The van der Waals surface area contributed by atoms with Gasteiger partial charge in [-0.25, -0.2) is 9.59 Å². The lowest BCUT2D eigenvalue weighted by atomic mass is 10.1. The smallest absolute Gasteiger partial charge is 0.352 e. The van der Waals surface area contributed by atoms with Crippen molar-refractivity contribution in [2.45, 2.75) is 19.4 Å². The van der Waals surface area contributed by atoms with Gasteiger partial charge in [0.15, 0.2) is 0 Å². The maximum atomic E-state index is 12.4. The summed E-state index contributed by atoms with van der Waals surface area (Å²) >= 11 is 0. The van der Waals surface area contributed by atoms with E-state index in [-0.39, 0.29) is 11.3 Å². The molecule has 0 atom stereocenters. The van der Waals surface area contributed by atoms with E-state index in [1.165, 1.54) is 12.1 Å². The number of hydrogen-bond acceptors (Lipinski definition) is 3. The summed E-state index contributed by atoms with van der Waals surface area (Å²) in [7, 11) is 0. The first-order chi connectivity index (χ1) is 17.5. The topological polar surface area (TPSA) is 88.8 Å². The van der Waals surface area contributed by atoms with Gasteiger partial charge < -0.3 is 19.5 Å². The van der Waals surface area contributed by atoms with Crippen LogP contribution in [-0.2, 0) is 13.0 Å². The van der Waals surface area contributed by atoms with Crippen LogP contribution in [0.1, 0.15) is 38.4 Å². The number of carboxylic acid groups (broad SMARTS) is 2. The van der Waals surface area contributed by atoms with Crippen molar-refractivity contribution in [1.82, 2.24) is 4.57 Å². The van der Waals surface area contributed by atoms with Gasteiger partial charge in [-0.05, 0) is 53.6 Å². The maximum Gasteiger partial charge on any atom is 0.352 e. The molecule has 1 aromatic heterocycles. The largest absolute Gasteiger partial charge is 0.493 e. The Morgan fingerprint density at radius 3 is 2.19 bits per heavy atom. The summed E-state index contributed by atoms with van der Waals surface area (Å²) in [6.07, 6.45) is 1.21. The van der Waals surface area contributed by atoms with E-state index < -0.39 is 11.9 Å². The monoisotopic (exact) mass is 479 g/mol. The lowest BCUT2D eigenvalue weighted by Gasteiger charge is -2.11. The summed E-state index contributed by atoms with van der Waals surface area (Å²) < 4.78 is 7.88. The zero-order valence-electron chi connectivity index (χ0n) is 19.6. The van der Waals surface area contributed by atoms with Crippen molar-refractivity contribution in [2.75, 3.05) is 6.61 Å². The maximum absolute atomic E-state index is 12.4. The summed E-state index contributed by atoms with van der Waals surface area (Å²) in [5, 5.41) is 22.4. The third-order valence-electron chi connectivity index (χ3n) is 6.40. The lowest BCUT2D eigenvalue weighted by Crippen LogP contribution is -2.12. The highest BCUT2D eigenvalue weighted by molar-refractivity contribution is 5.98. The van der Waals surface area contributed by atoms with Crippen molar-refractivity contribution < 1.29 is 24.5 Å². The third-order valence-corrected chi connectivity index (χ3v) is 6.40. The van der Waals surface area contributed by atoms with E-state index in [9.17, 15) is 14.7 Å². The van der Waals surface area contributed by atoms with Gasteiger partial charge in [0.2, 0.25) is 0 Å². The number of fused-ring (bicyclic) bond motifs is 2. The zero-order valence-corrected chi connectivity index (χ0v) is 19.6. The van der Waals surface area contributed by atoms with Crippen molar-refractivity contribution in [3.8, 4) is 5.75 Å². The highest BCUT2D eigenvalue weighted by atomic mass is 16.5. The number of hydrogen-bond donors (Lipinski definition) is 2. The van der Waals surface area contributed by atoms with Crippen molar-refractivity contribution in [1.29, 1.82) is 0 Å². The fourth-order valence-corrected chi connectivity index (χ4v) is 4.72. The molecule has 0 aliphatic heterocycles. The minimum Gasteiger partial charge on any atom is -0.493 e. The second kappa shape index (κ2) is 9.96. The Balaban J connectivity index is 1.40. The average Bonchev–Trinajstić information content (AvgIpc) is 3.20. The van der Waals surface area contributed by atoms with Gasteiger partial charge >= 0.3 is 11.9 Å². The Labute approximate surface area is 208 Å². The average molecular weight is 480 g/mol. The van der Waals surface area contributed by atoms with E-state index in [2.05, 4.69) is 0 Å². The van der Waals surface area contributed by atoms with Crippen LogP contribution in [0.4, 0.5) is 0 Å². The van der Waals surface area contributed by atoms with Crippen molar-refractivity contribution in [3.05, 3.63) is 113 Å². The summed E-state index contributed by atoms with van der Waals surface area (Å²) in [6.45, 7) is 0.789. The molecule has 6 nitrogen and oxygen atoms in total. The van der Waals surface area contributed by atoms with Crippen LogP contribution in [0.3, 0.4) is 0 Å². The molecule has 180 valence electrons. The molecule has 0 amide bonds. The number of aromatic nitrogens is 1. The van der Waals surface area contributed by atoms with E-state index >= 15 is 0 Å². The molecule has 1 heterocycles. The fourth-order valence-electron chi connectivity index (χ4n) is 4.72. The Morgan fingerprint density at radius 2 is 1.44 bits per heavy atom. The quantitative estimate of drug-likeness (QED) is 0.244. The molecule has 0 fully saturated rings. The standard InChI is InChI=1S/C30H25NO5/c32-29(33)22-16-14-20(15-17-22)19-31-26-12-4-3-10-24(26)25(28(31)30(34)35)11-6-18-36-27-13-5-8-21-7-1-2-9-23(21)27/h1-5,7-10,12-17H,6,11,18-19H2,(H,32,33)(H,34,35). The SMILES string of the molecule is O=C(O)c1ccc(Cn2c(C(=O)O)c(CCCOc3cccc4ccccc34)c3ccccc32)cc1. The number of para-hydroxylation sites is 1. The van der Waals surface area contributed by atoms with Gasteiger partial charge in [-0.3, -0.25) is 0 Å². The first-order valence-electron chi connectivity index (χ1n) is 11.8. The zero-order chi connectivity index (χ0) is 25.1. The van der Waals surface area contributed by atoms with Crippen LogP contribution in [0, 0.1) is 0 Å². The molecule has 6 heteroatoms.